The second-order valence-electron chi connectivity index (χ2n) is 13.9. The third kappa shape index (κ3) is 7.33. The minimum Gasteiger partial charge on any atom is -0.493 e. The second-order valence-corrected chi connectivity index (χ2v) is 13.9. The highest BCUT2D eigenvalue weighted by atomic mass is 16.5. The van der Waals surface area contributed by atoms with Crippen LogP contribution in [0.15, 0.2) is 83.3 Å². The third-order valence-electron chi connectivity index (χ3n) is 10.8. The number of rotatable bonds is 13. The molecule has 11 heteroatoms. The van der Waals surface area contributed by atoms with Crippen LogP contribution in [0.25, 0.3) is 11.0 Å². The van der Waals surface area contributed by atoms with Crippen LogP contribution >= 0.6 is 0 Å². The molecule has 3 aromatic carbocycles. The molecule has 0 radical (unpaired) electrons. The number of fused-ring (bicyclic) bond motifs is 1. The molecule has 274 valence electrons. The highest BCUT2D eigenvalue weighted by Crippen LogP contribution is 2.41. The van der Waals surface area contributed by atoms with E-state index in [1.165, 1.54) is 5.56 Å². The number of carbonyl (C=O) groups is 1. The number of para-hydroxylation sites is 2. The van der Waals surface area contributed by atoms with Gasteiger partial charge < -0.3 is 43.4 Å². The zero-order chi connectivity index (χ0) is 36.1. The van der Waals surface area contributed by atoms with Crippen LogP contribution in [0.1, 0.15) is 59.5 Å². The summed E-state index contributed by atoms with van der Waals surface area (Å²) in [6.07, 6.45) is 4.92. The van der Waals surface area contributed by atoms with Crippen molar-refractivity contribution in [2.24, 2.45) is 0 Å². The Bertz CT molecular complexity index is 1940. The smallest absolute Gasteiger partial charge is 0.254 e. The first-order chi connectivity index (χ1) is 25.4. The Morgan fingerprint density at radius 1 is 0.923 bits per heavy atom. The minimum atomic E-state index is -0.155. The van der Waals surface area contributed by atoms with Gasteiger partial charge in [0.25, 0.3) is 5.91 Å². The number of nitrogens with zero attached hydrogens (tertiary/aromatic N) is 4. The number of benzene rings is 3. The number of imidazole rings is 1. The van der Waals surface area contributed by atoms with Crippen LogP contribution in [0.2, 0.25) is 0 Å². The number of carbonyl (C=O) groups excluding carboxylic acids is 1. The van der Waals surface area contributed by atoms with Gasteiger partial charge in [0.1, 0.15) is 18.1 Å². The van der Waals surface area contributed by atoms with Crippen molar-refractivity contribution < 1.29 is 28.5 Å². The van der Waals surface area contributed by atoms with Gasteiger partial charge in [-0.05, 0) is 80.6 Å². The molecule has 7 rings (SSSR count). The summed E-state index contributed by atoms with van der Waals surface area (Å²) in [6, 6.07) is 26.4. The molecule has 2 N–H and O–H groups in total. The molecule has 2 aromatic heterocycles. The fraction of sp³-hybridized carbons (Fsp3) is 0.415. The van der Waals surface area contributed by atoms with E-state index in [-0.39, 0.29) is 17.9 Å². The first-order valence-electron chi connectivity index (χ1n) is 18.2. The summed E-state index contributed by atoms with van der Waals surface area (Å²) in [7, 11) is 4.70. The molecule has 4 heterocycles. The number of nitrogens with one attached hydrogen (secondary N) is 1. The van der Waals surface area contributed by atoms with E-state index in [0.29, 0.717) is 54.2 Å². The number of aromatic nitrogens is 2. The molecule has 52 heavy (non-hydrogen) atoms. The van der Waals surface area contributed by atoms with Crippen LogP contribution in [0.3, 0.4) is 0 Å². The van der Waals surface area contributed by atoms with E-state index in [0.717, 1.165) is 74.5 Å². The molecule has 5 aromatic rings. The van der Waals surface area contributed by atoms with Gasteiger partial charge in [0.2, 0.25) is 11.7 Å². The second kappa shape index (κ2) is 15.7. The van der Waals surface area contributed by atoms with Gasteiger partial charge in [-0.3, -0.25) is 4.79 Å². The molecule has 1 atom stereocenters. The lowest BCUT2D eigenvalue weighted by Gasteiger charge is -2.45. The van der Waals surface area contributed by atoms with Crippen molar-refractivity contribution in [3.63, 3.8) is 0 Å². The number of methoxy groups -OCH3 is 3. The molecule has 2 aliphatic heterocycles. The molecule has 11 nitrogen and oxygen atoms in total. The monoisotopic (exact) mass is 707 g/mol. The number of furan rings is 1. The number of ether oxygens (including phenoxy) is 3. The predicted molar refractivity (Wildman–Crippen MR) is 201 cm³/mol. The zero-order valence-corrected chi connectivity index (χ0v) is 30.3. The first-order valence-corrected chi connectivity index (χ1v) is 18.2. The predicted octanol–water partition coefficient (Wildman–Crippen LogP) is 6.34. The number of likely N-dealkylation sites (tertiary alicyclic amines) is 2. The molecule has 2 saturated heterocycles. The van der Waals surface area contributed by atoms with Crippen LogP contribution in [-0.2, 0) is 18.6 Å². The molecule has 2 fully saturated rings. The van der Waals surface area contributed by atoms with Gasteiger partial charge in [0.05, 0.1) is 38.9 Å². The molecule has 0 aliphatic carbocycles. The number of piperidine rings is 2. The van der Waals surface area contributed by atoms with E-state index in [4.69, 9.17) is 23.6 Å². The number of hydrogen-bond acceptors (Lipinski definition) is 9. The van der Waals surface area contributed by atoms with Crippen molar-refractivity contribution in [1.29, 1.82) is 0 Å². The lowest BCUT2D eigenvalue weighted by atomic mass is 9.71. The Morgan fingerprint density at radius 2 is 1.63 bits per heavy atom. The first kappa shape index (κ1) is 35.4. The summed E-state index contributed by atoms with van der Waals surface area (Å²) in [5, 5.41) is 13.3. The van der Waals surface area contributed by atoms with E-state index >= 15 is 0 Å². The highest BCUT2D eigenvalue weighted by molar-refractivity contribution is 5.96. The number of aliphatic hydroxyl groups is 1. The fourth-order valence-electron chi connectivity index (χ4n) is 8.02. The summed E-state index contributed by atoms with van der Waals surface area (Å²) >= 11 is 0. The van der Waals surface area contributed by atoms with E-state index < -0.39 is 0 Å². The van der Waals surface area contributed by atoms with Crippen molar-refractivity contribution in [2.45, 2.75) is 56.7 Å². The Labute approximate surface area is 305 Å². The van der Waals surface area contributed by atoms with Gasteiger partial charge in [-0.25, -0.2) is 4.98 Å². The number of hydrogen-bond donors (Lipinski definition) is 2. The molecule has 2 aliphatic rings. The Kier molecular flexibility index (Phi) is 10.7. The summed E-state index contributed by atoms with van der Waals surface area (Å²) in [5.41, 5.74) is 3.64. The summed E-state index contributed by atoms with van der Waals surface area (Å²) in [5.74, 6) is 3.57. The normalized spacial score (nSPS) is 18.4. The van der Waals surface area contributed by atoms with Gasteiger partial charge in [-0.1, -0.05) is 42.5 Å². The van der Waals surface area contributed by atoms with E-state index in [1.807, 2.05) is 35.2 Å². The molecule has 0 bridgehead atoms. The van der Waals surface area contributed by atoms with Crippen LogP contribution in [0.4, 0.5) is 5.95 Å². The molecule has 0 spiro atoms. The Morgan fingerprint density at radius 3 is 2.33 bits per heavy atom. The van der Waals surface area contributed by atoms with E-state index in [1.54, 1.807) is 33.5 Å². The standard InChI is InChI=1S/C41H49N5O6/c1-49-36-24-29(25-37(50-2)38(36)51-3)39(48)45-20-9-18-41(28-45,30-10-5-4-6-11-30)19-23-44-21-16-31(17-22-44)42-40-43-34-12-7-8-13-35(34)46(40)26-32-14-15-33(27-47)52-32/h4-8,10-15,24-25,31,47H,9,16-23,26-28H2,1-3H3,(H,42,43). The summed E-state index contributed by atoms with van der Waals surface area (Å²) in [6.45, 7) is 4.68. The van der Waals surface area contributed by atoms with Gasteiger partial charge in [0.15, 0.2) is 11.5 Å². The van der Waals surface area contributed by atoms with Crippen molar-refractivity contribution in [2.75, 3.05) is 59.4 Å². The lowest BCUT2D eigenvalue weighted by Crippen LogP contribution is -2.50. The SMILES string of the molecule is COc1cc(C(=O)N2CCCC(CCN3CCC(Nc4nc5ccccc5n4Cc4ccc(CO)o4)CC3)(c3ccccc3)C2)cc(OC)c1OC. The average molecular weight is 708 g/mol. The zero-order valence-electron chi connectivity index (χ0n) is 30.3. The third-order valence-corrected chi connectivity index (χ3v) is 10.8. The molecular formula is C41H49N5O6. The van der Waals surface area contributed by atoms with Crippen molar-refractivity contribution >= 4 is 22.9 Å². The molecule has 1 unspecified atom stereocenters. The molecule has 1 amide bonds. The van der Waals surface area contributed by atoms with Gasteiger partial charge >= 0.3 is 0 Å². The topological polar surface area (TPSA) is 114 Å². The summed E-state index contributed by atoms with van der Waals surface area (Å²) in [4.78, 5) is 23.6. The van der Waals surface area contributed by atoms with Crippen molar-refractivity contribution in [1.82, 2.24) is 19.4 Å². The Balaban J connectivity index is 1.03. The van der Waals surface area contributed by atoms with Crippen LogP contribution < -0.4 is 19.5 Å². The highest BCUT2D eigenvalue weighted by Gasteiger charge is 2.39. The maximum absolute atomic E-state index is 14.1. The molecule has 0 saturated carbocycles. The maximum atomic E-state index is 14.1. The van der Waals surface area contributed by atoms with E-state index in [9.17, 15) is 9.90 Å². The number of anilines is 1. The molecular weight excluding hydrogens is 658 g/mol. The lowest BCUT2D eigenvalue weighted by molar-refractivity contribution is 0.0606. The van der Waals surface area contributed by atoms with Crippen LogP contribution in [0.5, 0.6) is 17.2 Å². The van der Waals surface area contributed by atoms with Gasteiger partial charge in [0, 0.05) is 43.2 Å². The number of amides is 1. The number of aliphatic hydroxyl groups excluding tert-OH is 1. The minimum absolute atomic E-state index is 0.0296. The Hall–Kier alpha value is -5.00. The average Bonchev–Trinajstić information content (AvgIpc) is 3.81. The van der Waals surface area contributed by atoms with Crippen molar-refractivity contribution in [3.8, 4) is 17.2 Å². The van der Waals surface area contributed by atoms with Crippen LogP contribution in [-0.4, -0.2) is 90.5 Å². The van der Waals surface area contributed by atoms with E-state index in [2.05, 4.69) is 51.2 Å². The maximum Gasteiger partial charge on any atom is 0.254 e. The van der Waals surface area contributed by atoms with Gasteiger partial charge in [-0.15, -0.1) is 0 Å². The summed E-state index contributed by atoms with van der Waals surface area (Å²) < 4.78 is 24.6. The van der Waals surface area contributed by atoms with Crippen LogP contribution in [0, 0.1) is 0 Å². The van der Waals surface area contributed by atoms with Gasteiger partial charge in [-0.2, -0.15) is 0 Å². The van der Waals surface area contributed by atoms with Crippen molar-refractivity contribution in [3.05, 3.63) is 102 Å². The fourth-order valence-corrected chi connectivity index (χ4v) is 8.02. The largest absolute Gasteiger partial charge is 0.493 e. The quantitative estimate of drug-likeness (QED) is 0.145.